The number of nitrogens with zero attached hydrogens (tertiary/aromatic N) is 2. The maximum Gasteiger partial charge on any atom is 0.174 e. The standard InChI is InChI=1S/C16H17N3OS/c1-2-10-18-16(21)19(12-13-7-5-6-11-17-13)14-8-3-4-9-15(14)20/h2-9,11,20H,1,10,12H2,(H,18,21). The lowest BCUT2D eigenvalue weighted by Gasteiger charge is -2.26. The number of anilines is 1. The van der Waals surface area contributed by atoms with Crippen LogP contribution in [-0.2, 0) is 6.54 Å². The summed E-state index contributed by atoms with van der Waals surface area (Å²) in [5, 5.41) is 13.7. The second-order valence-corrected chi connectivity index (χ2v) is 4.76. The number of aromatic nitrogens is 1. The molecule has 0 spiro atoms. The van der Waals surface area contributed by atoms with E-state index in [9.17, 15) is 5.11 Å². The van der Waals surface area contributed by atoms with Gasteiger partial charge in [0.05, 0.1) is 17.9 Å². The largest absolute Gasteiger partial charge is 0.506 e. The van der Waals surface area contributed by atoms with Crippen molar-refractivity contribution < 1.29 is 5.11 Å². The van der Waals surface area contributed by atoms with Gasteiger partial charge in [0.15, 0.2) is 5.11 Å². The minimum absolute atomic E-state index is 0.177. The molecule has 0 aliphatic carbocycles. The maximum absolute atomic E-state index is 10.1. The molecule has 0 aliphatic rings. The van der Waals surface area contributed by atoms with Crippen molar-refractivity contribution in [2.45, 2.75) is 6.54 Å². The van der Waals surface area contributed by atoms with Crippen molar-refractivity contribution in [3.05, 3.63) is 67.0 Å². The lowest BCUT2D eigenvalue weighted by atomic mass is 10.2. The molecule has 2 aromatic rings. The van der Waals surface area contributed by atoms with E-state index in [1.807, 2.05) is 35.2 Å². The number of rotatable bonds is 5. The smallest absolute Gasteiger partial charge is 0.174 e. The van der Waals surface area contributed by atoms with Gasteiger partial charge in [-0.2, -0.15) is 0 Å². The monoisotopic (exact) mass is 299 g/mol. The second kappa shape index (κ2) is 7.40. The molecule has 1 aromatic carbocycles. The van der Waals surface area contributed by atoms with E-state index < -0.39 is 0 Å². The van der Waals surface area contributed by atoms with Crippen LogP contribution in [0.15, 0.2) is 61.3 Å². The molecule has 5 heteroatoms. The average Bonchev–Trinajstić information content (AvgIpc) is 2.52. The van der Waals surface area contributed by atoms with Crippen molar-refractivity contribution in [3.63, 3.8) is 0 Å². The Morgan fingerprint density at radius 1 is 1.29 bits per heavy atom. The third-order valence-electron chi connectivity index (χ3n) is 2.86. The van der Waals surface area contributed by atoms with Crippen LogP contribution in [0.4, 0.5) is 5.69 Å². The number of hydrogen-bond donors (Lipinski definition) is 2. The van der Waals surface area contributed by atoms with E-state index in [1.54, 1.807) is 24.4 Å². The molecule has 0 radical (unpaired) electrons. The van der Waals surface area contributed by atoms with Crippen molar-refractivity contribution in [2.24, 2.45) is 0 Å². The number of aromatic hydroxyl groups is 1. The second-order valence-electron chi connectivity index (χ2n) is 4.37. The molecule has 0 unspecified atom stereocenters. The van der Waals surface area contributed by atoms with Crippen LogP contribution >= 0.6 is 12.2 Å². The Labute approximate surface area is 129 Å². The average molecular weight is 299 g/mol. The van der Waals surface area contributed by atoms with Crippen LogP contribution in [0.5, 0.6) is 5.75 Å². The lowest BCUT2D eigenvalue weighted by Crippen LogP contribution is -2.39. The quantitative estimate of drug-likeness (QED) is 0.657. The molecule has 2 rings (SSSR count). The van der Waals surface area contributed by atoms with Gasteiger partial charge >= 0.3 is 0 Å². The molecule has 4 nitrogen and oxygen atoms in total. The molecule has 0 saturated heterocycles. The van der Waals surface area contributed by atoms with Crippen LogP contribution in [0.3, 0.4) is 0 Å². The highest BCUT2D eigenvalue weighted by Gasteiger charge is 2.16. The number of para-hydroxylation sites is 2. The first-order valence-corrected chi connectivity index (χ1v) is 6.97. The summed E-state index contributed by atoms with van der Waals surface area (Å²) in [5.41, 5.74) is 1.51. The summed E-state index contributed by atoms with van der Waals surface area (Å²) in [4.78, 5) is 6.12. The predicted octanol–water partition coefficient (Wildman–Crippen LogP) is 2.85. The van der Waals surface area contributed by atoms with E-state index in [0.717, 1.165) is 5.69 Å². The van der Waals surface area contributed by atoms with Gasteiger partial charge in [0.25, 0.3) is 0 Å². The summed E-state index contributed by atoms with van der Waals surface area (Å²) in [5.74, 6) is 0.177. The number of thiocarbonyl (C=S) groups is 1. The molecule has 0 saturated carbocycles. The summed E-state index contributed by atoms with van der Waals surface area (Å²) in [7, 11) is 0. The summed E-state index contributed by atoms with van der Waals surface area (Å²) in [6, 6.07) is 12.8. The van der Waals surface area contributed by atoms with Gasteiger partial charge in [-0.25, -0.2) is 0 Å². The molecule has 0 atom stereocenters. The first-order valence-electron chi connectivity index (χ1n) is 6.56. The Hall–Kier alpha value is -2.40. The third kappa shape index (κ3) is 4.03. The highest BCUT2D eigenvalue weighted by atomic mass is 32.1. The molecule has 0 amide bonds. The topological polar surface area (TPSA) is 48.4 Å². The zero-order valence-corrected chi connectivity index (χ0v) is 12.4. The number of benzene rings is 1. The van der Waals surface area contributed by atoms with E-state index >= 15 is 0 Å². The van der Waals surface area contributed by atoms with Crippen LogP contribution in [0.25, 0.3) is 0 Å². The molecule has 1 aromatic heterocycles. The number of phenolic OH excluding ortho intramolecular Hbond substituents is 1. The van der Waals surface area contributed by atoms with E-state index in [0.29, 0.717) is 23.9 Å². The van der Waals surface area contributed by atoms with Crippen molar-refractivity contribution in [1.29, 1.82) is 0 Å². The Morgan fingerprint density at radius 2 is 2.05 bits per heavy atom. The number of phenols is 1. The first kappa shape index (κ1) is 15.0. The fourth-order valence-electron chi connectivity index (χ4n) is 1.87. The summed E-state index contributed by atoms with van der Waals surface area (Å²) in [6.45, 7) is 4.70. The Bertz CT molecular complexity index is 616. The van der Waals surface area contributed by atoms with Gasteiger partial charge in [-0.1, -0.05) is 24.3 Å². The van der Waals surface area contributed by atoms with Crippen molar-refractivity contribution in [3.8, 4) is 5.75 Å². The number of nitrogens with one attached hydrogen (secondary N) is 1. The molecule has 21 heavy (non-hydrogen) atoms. The van der Waals surface area contributed by atoms with Crippen LogP contribution in [0.2, 0.25) is 0 Å². The maximum atomic E-state index is 10.1. The predicted molar refractivity (Wildman–Crippen MR) is 89.3 cm³/mol. The highest BCUT2D eigenvalue weighted by Crippen LogP contribution is 2.27. The van der Waals surface area contributed by atoms with Gasteiger partial charge in [-0.05, 0) is 36.5 Å². The normalized spacial score (nSPS) is 9.90. The molecular formula is C16H17N3OS. The van der Waals surface area contributed by atoms with Gasteiger partial charge in [0.2, 0.25) is 0 Å². The van der Waals surface area contributed by atoms with Crippen molar-refractivity contribution >= 4 is 23.0 Å². The SMILES string of the molecule is C=CCNC(=S)N(Cc1ccccn1)c1ccccc1O. The van der Waals surface area contributed by atoms with Gasteiger partial charge in [0.1, 0.15) is 5.75 Å². The van der Waals surface area contributed by atoms with Crippen LogP contribution in [-0.4, -0.2) is 21.7 Å². The summed E-state index contributed by atoms with van der Waals surface area (Å²) >= 11 is 5.41. The molecular weight excluding hydrogens is 282 g/mol. The van der Waals surface area contributed by atoms with Crippen LogP contribution < -0.4 is 10.2 Å². The summed E-state index contributed by atoms with van der Waals surface area (Å²) < 4.78 is 0. The number of hydrogen-bond acceptors (Lipinski definition) is 3. The van der Waals surface area contributed by atoms with Crippen LogP contribution in [0.1, 0.15) is 5.69 Å². The highest BCUT2D eigenvalue weighted by molar-refractivity contribution is 7.80. The van der Waals surface area contributed by atoms with Gasteiger partial charge in [-0.15, -0.1) is 6.58 Å². The molecule has 2 N–H and O–H groups in total. The zero-order chi connectivity index (χ0) is 15.1. The summed E-state index contributed by atoms with van der Waals surface area (Å²) in [6.07, 6.45) is 3.47. The minimum atomic E-state index is 0.177. The zero-order valence-electron chi connectivity index (χ0n) is 11.6. The van der Waals surface area contributed by atoms with Gasteiger partial charge < -0.3 is 15.3 Å². The van der Waals surface area contributed by atoms with E-state index in [4.69, 9.17) is 12.2 Å². The molecule has 108 valence electrons. The van der Waals surface area contributed by atoms with E-state index in [1.165, 1.54) is 0 Å². The number of pyridine rings is 1. The van der Waals surface area contributed by atoms with Gasteiger partial charge in [-0.3, -0.25) is 4.98 Å². The van der Waals surface area contributed by atoms with E-state index in [2.05, 4.69) is 16.9 Å². The Morgan fingerprint density at radius 3 is 2.71 bits per heavy atom. The van der Waals surface area contributed by atoms with E-state index in [-0.39, 0.29) is 5.75 Å². The van der Waals surface area contributed by atoms with Crippen molar-refractivity contribution in [1.82, 2.24) is 10.3 Å². The van der Waals surface area contributed by atoms with Crippen LogP contribution in [0, 0.1) is 0 Å². The molecule has 0 bridgehead atoms. The molecule has 0 aliphatic heterocycles. The lowest BCUT2D eigenvalue weighted by molar-refractivity contribution is 0.475. The Kier molecular flexibility index (Phi) is 5.29. The third-order valence-corrected chi connectivity index (χ3v) is 3.23. The fourth-order valence-corrected chi connectivity index (χ4v) is 2.11. The first-order chi connectivity index (χ1) is 10.2. The molecule has 0 fully saturated rings. The fraction of sp³-hybridized carbons (Fsp3) is 0.125. The van der Waals surface area contributed by atoms with Crippen molar-refractivity contribution in [2.75, 3.05) is 11.4 Å². The molecule has 1 heterocycles. The van der Waals surface area contributed by atoms with Gasteiger partial charge in [0, 0.05) is 12.7 Å². The minimum Gasteiger partial charge on any atom is -0.506 e. The Balaban J connectivity index is 2.28.